The van der Waals surface area contributed by atoms with E-state index in [4.69, 9.17) is 10.5 Å². The zero-order valence-corrected chi connectivity index (χ0v) is 12.1. The molecule has 1 fully saturated rings. The van der Waals surface area contributed by atoms with Crippen LogP contribution in [0.3, 0.4) is 0 Å². The van der Waals surface area contributed by atoms with Crippen LogP contribution in [0.25, 0.3) is 0 Å². The smallest absolute Gasteiger partial charge is 0.246 e. The summed E-state index contributed by atoms with van der Waals surface area (Å²) >= 11 is 0. The van der Waals surface area contributed by atoms with Crippen molar-refractivity contribution < 1.29 is 9.53 Å². The highest BCUT2D eigenvalue weighted by molar-refractivity contribution is 5.77. The zero-order chi connectivity index (χ0) is 14.4. The molecule has 0 saturated heterocycles. The Morgan fingerprint density at radius 3 is 2.80 bits per heavy atom. The number of hydrogen-bond donors (Lipinski definition) is 2. The lowest BCUT2D eigenvalue weighted by Gasteiger charge is -2.27. The van der Waals surface area contributed by atoms with Crippen LogP contribution in [0.2, 0.25) is 0 Å². The second kappa shape index (κ2) is 6.86. The first-order valence-electron chi connectivity index (χ1n) is 7.28. The molecule has 20 heavy (non-hydrogen) atoms. The number of nitrogens with two attached hydrogens (primary N) is 1. The fraction of sp³-hybridized carbons (Fsp3) is 0.562. The minimum absolute atomic E-state index is 0.0822. The molecule has 2 atom stereocenters. The first-order valence-corrected chi connectivity index (χ1v) is 7.28. The van der Waals surface area contributed by atoms with Crippen molar-refractivity contribution in [1.82, 2.24) is 5.32 Å². The van der Waals surface area contributed by atoms with Crippen molar-refractivity contribution in [2.75, 3.05) is 13.2 Å². The summed E-state index contributed by atoms with van der Waals surface area (Å²) in [6, 6.07) is 9.85. The molecule has 0 radical (unpaired) electrons. The Hall–Kier alpha value is -1.39. The molecule has 110 valence electrons. The maximum Gasteiger partial charge on any atom is 0.246 e. The lowest BCUT2D eigenvalue weighted by molar-refractivity contribution is -0.132. The Morgan fingerprint density at radius 1 is 1.45 bits per heavy atom. The van der Waals surface area contributed by atoms with Crippen LogP contribution in [0, 0.1) is 5.92 Å². The van der Waals surface area contributed by atoms with Gasteiger partial charge in [0.2, 0.25) is 5.91 Å². The van der Waals surface area contributed by atoms with Gasteiger partial charge in [0.15, 0.2) is 0 Å². The van der Waals surface area contributed by atoms with Gasteiger partial charge in [-0.3, -0.25) is 4.79 Å². The van der Waals surface area contributed by atoms with Gasteiger partial charge in [-0.2, -0.15) is 0 Å². The van der Waals surface area contributed by atoms with Crippen LogP contribution < -0.4 is 11.1 Å². The second-order valence-corrected chi connectivity index (χ2v) is 5.79. The standard InChI is InChI=1S/C16H24N2O2/c1-13-7-8-16(9-13,12-17)20-11-15(19)18-10-14-5-3-2-4-6-14/h2-6,13H,7-12,17H2,1H3,(H,18,19). The van der Waals surface area contributed by atoms with E-state index in [1.54, 1.807) is 0 Å². The topological polar surface area (TPSA) is 64.3 Å². The first kappa shape index (κ1) is 15.0. The van der Waals surface area contributed by atoms with Crippen molar-refractivity contribution >= 4 is 5.91 Å². The highest BCUT2D eigenvalue weighted by Crippen LogP contribution is 2.36. The summed E-state index contributed by atoms with van der Waals surface area (Å²) in [7, 11) is 0. The maximum atomic E-state index is 11.8. The molecule has 0 spiro atoms. The summed E-state index contributed by atoms with van der Waals surface area (Å²) in [5, 5.41) is 2.87. The molecule has 0 aliphatic heterocycles. The van der Waals surface area contributed by atoms with E-state index in [0.29, 0.717) is 19.0 Å². The third-order valence-electron chi connectivity index (χ3n) is 4.03. The molecule has 4 heteroatoms. The monoisotopic (exact) mass is 276 g/mol. The molecule has 1 aliphatic carbocycles. The van der Waals surface area contributed by atoms with Gasteiger partial charge in [-0.1, -0.05) is 37.3 Å². The number of ether oxygens (including phenoxy) is 1. The molecule has 4 nitrogen and oxygen atoms in total. The van der Waals surface area contributed by atoms with Gasteiger partial charge in [-0.05, 0) is 30.7 Å². The molecule has 0 bridgehead atoms. The number of carbonyl (C=O) groups excluding carboxylic acids is 1. The highest BCUT2D eigenvalue weighted by atomic mass is 16.5. The Morgan fingerprint density at radius 2 is 2.20 bits per heavy atom. The Labute approximate surface area is 120 Å². The van der Waals surface area contributed by atoms with E-state index < -0.39 is 0 Å². The number of hydrogen-bond acceptors (Lipinski definition) is 3. The van der Waals surface area contributed by atoms with Crippen molar-refractivity contribution in [1.29, 1.82) is 0 Å². The predicted octanol–water partition coefficient (Wildman–Crippen LogP) is 1.84. The second-order valence-electron chi connectivity index (χ2n) is 5.79. The minimum atomic E-state index is -0.288. The largest absolute Gasteiger partial charge is 0.364 e. The van der Waals surface area contributed by atoms with Crippen LogP contribution in [0.5, 0.6) is 0 Å². The number of carbonyl (C=O) groups is 1. The molecular weight excluding hydrogens is 252 g/mol. The summed E-state index contributed by atoms with van der Waals surface area (Å²) in [4.78, 5) is 11.8. The molecule has 1 saturated carbocycles. The lowest BCUT2D eigenvalue weighted by Crippen LogP contribution is -2.41. The molecule has 1 aromatic rings. The summed E-state index contributed by atoms with van der Waals surface area (Å²) in [6.07, 6.45) is 3.04. The predicted molar refractivity (Wildman–Crippen MR) is 79.0 cm³/mol. The fourth-order valence-electron chi connectivity index (χ4n) is 2.79. The van der Waals surface area contributed by atoms with Crippen LogP contribution in [0.1, 0.15) is 31.7 Å². The number of rotatable bonds is 6. The first-order chi connectivity index (χ1) is 9.63. The van der Waals surface area contributed by atoms with Crippen molar-refractivity contribution in [3.8, 4) is 0 Å². The Kier molecular flexibility index (Phi) is 5.15. The number of benzene rings is 1. The summed E-state index contributed by atoms with van der Waals surface area (Å²) in [5.74, 6) is 0.548. The molecule has 3 N–H and O–H groups in total. The van der Waals surface area contributed by atoms with Crippen molar-refractivity contribution in [2.24, 2.45) is 11.7 Å². The molecular formula is C16H24N2O2. The van der Waals surface area contributed by atoms with Crippen LogP contribution >= 0.6 is 0 Å². The maximum absolute atomic E-state index is 11.8. The SMILES string of the molecule is CC1CCC(CN)(OCC(=O)NCc2ccccc2)C1. The third kappa shape index (κ3) is 4.05. The fourth-order valence-corrected chi connectivity index (χ4v) is 2.79. The normalized spacial score (nSPS) is 25.6. The highest BCUT2D eigenvalue weighted by Gasteiger charge is 2.37. The van der Waals surface area contributed by atoms with Crippen LogP contribution in [-0.4, -0.2) is 24.7 Å². The van der Waals surface area contributed by atoms with Gasteiger partial charge in [0.1, 0.15) is 6.61 Å². The molecule has 0 heterocycles. The number of nitrogens with one attached hydrogen (secondary N) is 1. The van der Waals surface area contributed by atoms with Gasteiger partial charge >= 0.3 is 0 Å². The van der Waals surface area contributed by atoms with Crippen molar-refractivity contribution in [3.63, 3.8) is 0 Å². The van der Waals surface area contributed by atoms with Crippen LogP contribution in [-0.2, 0) is 16.1 Å². The van der Waals surface area contributed by atoms with Crippen molar-refractivity contribution in [2.45, 2.75) is 38.3 Å². The van der Waals surface area contributed by atoms with E-state index in [0.717, 1.165) is 24.8 Å². The van der Waals surface area contributed by atoms with Gasteiger partial charge in [-0.15, -0.1) is 0 Å². The third-order valence-corrected chi connectivity index (χ3v) is 4.03. The molecule has 2 unspecified atom stereocenters. The van der Waals surface area contributed by atoms with E-state index in [9.17, 15) is 4.79 Å². The van der Waals surface area contributed by atoms with Gasteiger partial charge in [0, 0.05) is 13.1 Å². The molecule has 1 aliphatic rings. The van der Waals surface area contributed by atoms with E-state index in [1.165, 1.54) is 0 Å². The van der Waals surface area contributed by atoms with Crippen molar-refractivity contribution in [3.05, 3.63) is 35.9 Å². The zero-order valence-electron chi connectivity index (χ0n) is 12.1. The average molecular weight is 276 g/mol. The van der Waals surface area contributed by atoms with Gasteiger partial charge in [0.05, 0.1) is 5.60 Å². The van der Waals surface area contributed by atoms with Crippen LogP contribution in [0.4, 0.5) is 0 Å². The summed E-state index contributed by atoms with van der Waals surface area (Å²) in [6.45, 7) is 3.32. The minimum Gasteiger partial charge on any atom is -0.364 e. The lowest BCUT2D eigenvalue weighted by atomic mass is 10.0. The Balaban J connectivity index is 1.75. The van der Waals surface area contributed by atoms with E-state index in [1.807, 2.05) is 30.3 Å². The quantitative estimate of drug-likeness (QED) is 0.833. The Bertz CT molecular complexity index is 435. The summed E-state index contributed by atoms with van der Waals surface area (Å²) in [5.41, 5.74) is 6.62. The average Bonchev–Trinajstić information content (AvgIpc) is 2.86. The van der Waals surface area contributed by atoms with E-state index in [-0.39, 0.29) is 18.1 Å². The van der Waals surface area contributed by atoms with Gasteiger partial charge in [-0.25, -0.2) is 0 Å². The molecule has 2 rings (SSSR count). The summed E-state index contributed by atoms with van der Waals surface area (Å²) < 4.78 is 5.82. The number of amides is 1. The van der Waals surface area contributed by atoms with Gasteiger partial charge < -0.3 is 15.8 Å². The molecule has 1 aromatic carbocycles. The van der Waals surface area contributed by atoms with E-state index in [2.05, 4.69) is 12.2 Å². The van der Waals surface area contributed by atoms with Crippen LogP contribution in [0.15, 0.2) is 30.3 Å². The molecule has 0 aromatic heterocycles. The molecule has 1 amide bonds. The van der Waals surface area contributed by atoms with Gasteiger partial charge in [0.25, 0.3) is 0 Å². The van der Waals surface area contributed by atoms with E-state index >= 15 is 0 Å².